The molecule has 7 heteroatoms. The molecule has 0 spiro atoms. The molecule has 0 saturated carbocycles. The molecular weight excluding hydrogens is 278 g/mol. The Morgan fingerprint density at radius 1 is 1.40 bits per heavy atom. The fraction of sp³-hybridized carbons (Fsp3) is 0.308. The van der Waals surface area contributed by atoms with Crippen LogP contribution in [0, 0.1) is 0 Å². The van der Waals surface area contributed by atoms with Gasteiger partial charge in [-0.3, -0.25) is 9.69 Å². The van der Waals surface area contributed by atoms with E-state index in [-0.39, 0.29) is 11.6 Å². The summed E-state index contributed by atoms with van der Waals surface area (Å²) in [5.41, 5.74) is -0.0307. The summed E-state index contributed by atoms with van der Waals surface area (Å²) in [4.78, 5) is 28.7. The van der Waals surface area contributed by atoms with E-state index in [2.05, 4.69) is 23.5 Å². The van der Waals surface area contributed by atoms with E-state index in [1.54, 1.807) is 12.2 Å². The van der Waals surface area contributed by atoms with Gasteiger partial charge in [0, 0.05) is 26.6 Å². The summed E-state index contributed by atoms with van der Waals surface area (Å²) in [5.74, 6) is -1.39. The zero-order valence-corrected chi connectivity index (χ0v) is 12.1. The molecule has 1 aromatic rings. The molecule has 0 saturated heterocycles. The van der Waals surface area contributed by atoms with Crippen molar-refractivity contribution in [2.24, 2.45) is 0 Å². The number of nitrogens with one attached hydrogen (secondary N) is 1. The van der Waals surface area contributed by atoms with Crippen LogP contribution in [0.1, 0.15) is 22.3 Å². The number of thiazole rings is 1. The number of amides is 1. The van der Waals surface area contributed by atoms with E-state index in [1.165, 1.54) is 6.92 Å². The average Bonchev–Trinajstić information content (AvgIpc) is 2.71. The van der Waals surface area contributed by atoms with E-state index in [9.17, 15) is 9.59 Å². The SMILES string of the molecule is C=CCN(CC=C)Cc1sc(NC(C)=O)nc1C(=O)O. The Hall–Kier alpha value is -1.99. The molecule has 108 valence electrons. The molecule has 0 aliphatic heterocycles. The smallest absolute Gasteiger partial charge is 0.355 e. The second kappa shape index (κ2) is 7.56. The van der Waals surface area contributed by atoms with Gasteiger partial charge in [-0.25, -0.2) is 9.78 Å². The van der Waals surface area contributed by atoms with E-state index in [1.807, 2.05) is 4.90 Å². The third-order valence-corrected chi connectivity index (χ3v) is 3.28. The Morgan fingerprint density at radius 2 is 2.00 bits per heavy atom. The van der Waals surface area contributed by atoms with Crippen molar-refractivity contribution in [2.45, 2.75) is 13.5 Å². The van der Waals surface area contributed by atoms with Gasteiger partial charge in [-0.05, 0) is 0 Å². The van der Waals surface area contributed by atoms with Gasteiger partial charge in [0.25, 0.3) is 0 Å². The summed E-state index contributed by atoms with van der Waals surface area (Å²) >= 11 is 1.16. The molecule has 1 rings (SSSR count). The predicted octanol–water partition coefficient (Wildman–Crippen LogP) is 1.97. The molecule has 1 heterocycles. The highest BCUT2D eigenvalue weighted by molar-refractivity contribution is 7.16. The molecule has 1 amide bonds. The highest BCUT2D eigenvalue weighted by Gasteiger charge is 2.19. The lowest BCUT2D eigenvalue weighted by atomic mass is 10.3. The molecule has 2 N–H and O–H groups in total. The van der Waals surface area contributed by atoms with Crippen molar-refractivity contribution in [3.8, 4) is 0 Å². The van der Waals surface area contributed by atoms with Crippen molar-refractivity contribution in [3.05, 3.63) is 35.9 Å². The lowest BCUT2D eigenvalue weighted by molar-refractivity contribution is -0.114. The highest BCUT2D eigenvalue weighted by Crippen LogP contribution is 2.24. The van der Waals surface area contributed by atoms with Gasteiger partial charge in [0.1, 0.15) is 0 Å². The molecule has 0 aliphatic rings. The number of carboxylic acid groups (broad SMARTS) is 1. The molecule has 0 fully saturated rings. The first-order valence-electron chi connectivity index (χ1n) is 5.92. The third-order valence-electron chi connectivity index (χ3n) is 2.32. The van der Waals surface area contributed by atoms with E-state index in [4.69, 9.17) is 5.11 Å². The molecule has 0 radical (unpaired) electrons. The minimum absolute atomic E-state index is 0.0307. The lowest BCUT2D eigenvalue weighted by Crippen LogP contribution is -2.23. The van der Waals surface area contributed by atoms with Crippen LogP contribution in [0.2, 0.25) is 0 Å². The molecule has 0 aliphatic carbocycles. The first kappa shape index (κ1) is 16.1. The quantitative estimate of drug-likeness (QED) is 0.717. The molecule has 6 nitrogen and oxygen atoms in total. The van der Waals surface area contributed by atoms with Crippen molar-refractivity contribution in [3.63, 3.8) is 0 Å². The average molecular weight is 295 g/mol. The molecule has 0 atom stereocenters. The first-order valence-corrected chi connectivity index (χ1v) is 6.74. The van der Waals surface area contributed by atoms with Crippen molar-refractivity contribution in [1.82, 2.24) is 9.88 Å². The van der Waals surface area contributed by atoms with Gasteiger partial charge in [-0.2, -0.15) is 0 Å². The molecule has 20 heavy (non-hydrogen) atoms. The number of aromatic nitrogens is 1. The summed E-state index contributed by atoms with van der Waals surface area (Å²) in [7, 11) is 0. The maximum atomic E-state index is 11.2. The van der Waals surface area contributed by atoms with E-state index < -0.39 is 5.97 Å². The van der Waals surface area contributed by atoms with Gasteiger partial charge in [0.05, 0.1) is 4.88 Å². The minimum Gasteiger partial charge on any atom is -0.476 e. The van der Waals surface area contributed by atoms with Gasteiger partial charge in [-0.15, -0.1) is 13.2 Å². The predicted molar refractivity (Wildman–Crippen MR) is 79.0 cm³/mol. The number of hydrogen-bond acceptors (Lipinski definition) is 5. The molecule has 1 aromatic heterocycles. The molecule has 0 bridgehead atoms. The van der Waals surface area contributed by atoms with Crippen LogP contribution in [-0.4, -0.2) is 40.0 Å². The number of carbonyl (C=O) groups is 2. The largest absolute Gasteiger partial charge is 0.476 e. The van der Waals surface area contributed by atoms with Crippen LogP contribution < -0.4 is 5.32 Å². The van der Waals surface area contributed by atoms with Crippen molar-refractivity contribution in [2.75, 3.05) is 18.4 Å². The Morgan fingerprint density at radius 3 is 2.45 bits per heavy atom. The van der Waals surface area contributed by atoms with Crippen LogP contribution in [0.4, 0.5) is 5.13 Å². The highest BCUT2D eigenvalue weighted by atomic mass is 32.1. The Kier molecular flexibility index (Phi) is 6.08. The minimum atomic E-state index is -1.11. The van der Waals surface area contributed by atoms with Crippen LogP contribution in [0.25, 0.3) is 0 Å². The first-order chi connectivity index (χ1) is 9.47. The Balaban J connectivity index is 2.98. The van der Waals surface area contributed by atoms with Crippen molar-refractivity contribution < 1.29 is 14.7 Å². The van der Waals surface area contributed by atoms with Gasteiger partial charge in [0.15, 0.2) is 10.8 Å². The Bertz CT molecular complexity index is 515. The second-order valence-corrected chi connectivity index (χ2v) is 5.13. The third kappa shape index (κ3) is 4.60. The van der Waals surface area contributed by atoms with Crippen molar-refractivity contribution >= 4 is 28.3 Å². The van der Waals surface area contributed by atoms with Gasteiger partial charge in [-0.1, -0.05) is 23.5 Å². The van der Waals surface area contributed by atoms with Gasteiger partial charge < -0.3 is 10.4 Å². The zero-order valence-electron chi connectivity index (χ0n) is 11.3. The maximum Gasteiger partial charge on any atom is 0.355 e. The molecule has 0 unspecified atom stereocenters. The summed E-state index contributed by atoms with van der Waals surface area (Å²) < 4.78 is 0. The number of rotatable bonds is 8. The second-order valence-electron chi connectivity index (χ2n) is 4.05. The summed E-state index contributed by atoms with van der Waals surface area (Å²) in [6, 6.07) is 0. The zero-order chi connectivity index (χ0) is 15.1. The molecule has 0 aromatic carbocycles. The summed E-state index contributed by atoms with van der Waals surface area (Å²) in [5, 5.41) is 12.0. The maximum absolute atomic E-state index is 11.2. The Labute approximate surface area is 121 Å². The normalized spacial score (nSPS) is 10.3. The van der Waals surface area contributed by atoms with Crippen molar-refractivity contribution in [1.29, 1.82) is 0 Å². The summed E-state index contributed by atoms with van der Waals surface area (Å²) in [6.07, 6.45) is 3.47. The van der Waals surface area contributed by atoms with E-state index in [0.717, 1.165) is 11.3 Å². The fourth-order valence-corrected chi connectivity index (χ4v) is 2.64. The topological polar surface area (TPSA) is 82.5 Å². The lowest BCUT2D eigenvalue weighted by Gasteiger charge is -2.17. The number of carboxylic acids is 1. The number of aromatic carboxylic acids is 1. The van der Waals surface area contributed by atoms with Gasteiger partial charge >= 0.3 is 5.97 Å². The number of anilines is 1. The number of nitrogens with zero attached hydrogens (tertiary/aromatic N) is 2. The van der Waals surface area contributed by atoms with Crippen LogP contribution >= 0.6 is 11.3 Å². The van der Waals surface area contributed by atoms with Crippen LogP contribution in [0.3, 0.4) is 0 Å². The van der Waals surface area contributed by atoms with E-state index >= 15 is 0 Å². The van der Waals surface area contributed by atoms with Crippen LogP contribution in [-0.2, 0) is 11.3 Å². The fourth-order valence-electron chi connectivity index (χ4n) is 1.60. The standard InChI is InChI=1S/C13H17N3O3S/c1-4-6-16(7-5-2)8-10-11(12(18)19)15-13(20-10)14-9(3)17/h4-5H,1-2,6-8H2,3H3,(H,18,19)(H,14,15,17). The summed E-state index contributed by atoms with van der Waals surface area (Å²) in [6.45, 7) is 10.3. The van der Waals surface area contributed by atoms with Crippen LogP contribution in [0.15, 0.2) is 25.3 Å². The monoisotopic (exact) mass is 295 g/mol. The van der Waals surface area contributed by atoms with E-state index in [0.29, 0.717) is 29.6 Å². The van der Waals surface area contributed by atoms with Crippen LogP contribution in [0.5, 0.6) is 0 Å². The number of carbonyl (C=O) groups excluding carboxylic acids is 1. The van der Waals surface area contributed by atoms with Gasteiger partial charge in [0.2, 0.25) is 5.91 Å². The molecular formula is C13H17N3O3S. The number of hydrogen-bond donors (Lipinski definition) is 2.